The second-order valence-electron chi connectivity index (χ2n) is 5.13. The van der Waals surface area contributed by atoms with E-state index in [1.165, 1.54) is 38.6 Å². The molecule has 90 valence electrons. The molecule has 1 aliphatic carbocycles. The third kappa shape index (κ3) is 4.12. The number of hydrogen-bond acceptors (Lipinski definition) is 2. The summed E-state index contributed by atoms with van der Waals surface area (Å²) in [5, 5.41) is 7.07. The van der Waals surface area contributed by atoms with Crippen molar-refractivity contribution in [3.63, 3.8) is 0 Å². The van der Waals surface area contributed by atoms with Crippen molar-refractivity contribution >= 4 is 0 Å². The van der Waals surface area contributed by atoms with E-state index >= 15 is 0 Å². The molecule has 1 saturated carbocycles. The van der Waals surface area contributed by atoms with Crippen LogP contribution in [0.3, 0.4) is 0 Å². The molecule has 0 aromatic rings. The van der Waals surface area contributed by atoms with E-state index in [1.807, 2.05) is 0 Å². The Morgan fingerprint density at radius 2 is 2.00 bits per heavy atom. The Bertz CT molecular complexity index is 158. The predicted molar refractivity (Wildman–Crippen MR) is 67.2 cm³/mol. The summed E-state index contributed by atoms with van der Waals surface area (Å²) >= 11 is 0. The molecule has 2 heteroatoms. The molecule has 15 heavy (non-hydrogen) atoms. The molecule has 1 unspecified atom stereocenters. The van der Waals surface area contributed by atoms with Crippen LogP contribution < -0.4 is 10.6 Å². The first-order chi connectivity index (χ1) is 7.22. The molecule has 0 radical (unpaired) electrons. The molecule has 1 rings (SSSR count). The molecule has 0 amide bonds. The van der Waals surface area contributed by atoms with E-state index in [1.54, 1.807) is 0 Å². The Hall–Kier alpha value is -0.0800. The molecule has 1 atom stereocenters. The van der Waals surface area contributed by atoms with Crippen LogP contribution in [-0.4, -0.2) is 25.7 Å². The monoisotopic (exact) mass is 212 g/mol. The average Bonchev–Trinajstić information content (AvgIpc) is 2.16. The van der Waals surface area contributed by atoms with Crippen molar-refractivity contribution in [1.82, 2.24) is 10.6 Å². The van der Waals surface area contributed by atoms with E-state index < -0.39 is 0 Å². The fourth-order valence-corrected chi connectivity index (χ4v) is 2.45. The maximum atomic E-state index is 3.63. The fourth-order valence-electron chi connectivity index (χ4n) is 2.45. The van der Waals surface area contributed by atoms with Gasteiger partial charge in [0.15, 0.2) is 0 Å². The van der Waals surface area contributed by atoms with E-state index in [0.29, 0.717) is 11.5 Å². The van der Waals surface area contributed by atoms with Crippen LogP contribution in [-0.2, 0) is 0 Å². The lowest BCUT2D eigenvalue weighted by atomic mass is 9.67. The van der Waals surface area contributed by atoms with E-state index in [4.69, 9.17) is 0 Å². The SMILES string of the molecule is CCNC(C)CCNCC1(CC)CCC1. The minimum absolute atomic E-state index is 0.654. The Balaban J connectivity index is 2.01. The molecule has 0 spiro atoms. The largest absolute Gasteiger partial charge is 0.316 e. The lowest BCUT2D eigenvalue weighted by Gasteiger charge is -2.41. The first-order valence-corrected chi connectivity index (χ1v) is 6.66. The minimum Gasteiger partial charge on any atom is -0.316 e. The van der Waals surface area contributed by atoms with E-state index in [-0.39, 0.29) is 0 Å². The zero-order chi connectivity index (χ0) is 11.1. The van der Waals surface area contributed by atoms with Gasteiger partial charge in [0, 0.05) is 12.6 Å². The van der Waals surface area contributed by atoms with Crippen molar-refractivity contribution in [1.29, 1.82) is 0 Å². The highest BCUT2D eigenvalue weighted by molar-refractivity contribution is 4.88. The van der Waals surface area contributed by atoms with Crippen molar-refractivity contribution in [2.24, 2.45) is 5.41 Å². The van der Waals surface area contributed by atoms with Crippen molar-refractivity contribution in [3.05, 3.63) is 0 Å². The van der Waals surface area contributed by atoms with Crippen LogP contribution in [0.1, 0.15) is 52.9 Å². The first kappa shape index (κ1) is 13.0. The topological polar surface area (TPSA) is 24.1 Å². The van der Waals surface area contributed by atoms with Gasteiger partial charge in [0.05, 0.1) is 0 Å². The second kappa shape index (κ2) is 6.49. The molecule has 0 aromatic heterocycles. The third-order valence-corrected chi connectivity index (χ3v) is 3.97. The normalized spacial score (nSPS) is 21.0. The molecule has 0 bridgehead atoms. The fraction of sp³-hybridized carbons (Fsp3) is 1.00. The Kier molecular flexibility index (Phi) is 5.62. The molecule has 0 aliphatic heterocycles. The van der Waals surface area contributed by atoms with Gasteiger partial charge in [0.1, 0.15) is 0 Å². The summed E-state index contributed by atoms with van der Waals surface area (Å²) < 4.78 is 0. The van der Waals surface area contributed by atoms with Crippen LogP contribution in [0.15, 0.2) is 0 Å². The van der Waals surface area contributed by atoms with E-state index in [0.717, 1.165) is 13.1 Å². The quantitative estimate of drug-likeness (QED) is 0.604. The molecule has 0 heterocycles. The first-order valence-electron chi connectivity index (χ1n) is 6.66. The van der Waals surface area contributed by atoms with Crippen LogP contribution in [0.5, 0.6) is 0 Å². The van der Waals surface area contributed by atoms with Gasteiger partial charge in [0.25, 0.3) is 0 Å². The number of hydrogen-bond donors (Lipinski definition) is 2. The van der Waals surface area contributed by atoms with Crippen LogP contribution in [0.4, 0.5) is 0 Å². The zero-order valence-corrected chi connectivity index (χ0v) is 10.7. The summed E-state index contributed by atoms with van der Waals surface area (Å²) in [6.07, 6.45) is 6.93. The Morgan fingerprint density at radius 1 is 1.27 bits per heavy atom. The standard InChI is InChI=1S/C13H28N2/c1-4-13(8-6-9-13)11-14-10-7-12(3)15-5-2/h12,14-15H,4-11H2,1-3H3. The Morgan fingerprint density at radius 3 is 2.47 bits per heavy atom. The van der Waals surface area contributed by atoms with E-state index in [9.17, 15) is 0 Å². The van der Waals surface area contributed by atoms with Crippen molar-refractivity contribution in [3.8, 4) is 0 Å². The zero-order valence-electron chi connectivity index (χ0n) is 10.7. The van der Waals surface area contributed by atoms with Crippen LogP contribution in [0, 0.1) is 5.41 Å². The molecular weight excluding hydrogens is 184 g/mol. The summed E-state index contributed by atoms with van der Waals surface area (Å²) in [5.41, 5.74) is 0.668. The summed E-state index contributed by atoms with van der Waals surface area (Å²) in [5.74, 6) is 0. The van der Waals surface area contributed by atoms with Crippen molar-refractivity contribution in [2.45, 2.75) is 58.9 Å². The van der Waals surface area contributed by atoms with Crippen molar-refractivity contribution < 1.29 is 0 Å². The Labute approximate surface area is 95.2 Å². The van der Waals surface area contributed by atoms with Gasteiger partial charge in [0.2, 0.25) is 0 Å². The predicted octanol–water partition coefficient (Wildman–Crippen LogP) is 2.54. The van der Waals surface area contributed by atoms with Gasteiger partial charge in [-0.25, -0.2) is 0 Å². The van der Waals surface area contributed by atoms with Crippen LogP contribution in [0.2, 0.25) is 0 Å². The van der Waals surface area contributed by atoms with Gasteiger partial charge < -0.3 is 10.6 Å². The van der Waals surface area contributed by atoms with Gasteiger partial charge in [-0.3, -0.25) is 0 Å². The summed E-state index contributed by atoms with van der Waals surface area (Å²) in [6.45, 7) is 10.3. The van der Waals surface area contributed by atoms with E-state index in [2.05, 4.69) is 31.4 Å². The lowest BCUT2D eigenvalue weighted by Crippen LogP contribution is -2.40. The average molecular weight is 212 g/mol. The highest BCUT2D eigenvalue weighted by Crippen LogP contribution is 2.42. The van der Waals surface area contributed by atoms with Crippen molar-refractivity contribution in [2.75, 3.05) is 19.6 Å². The second-order valence-corrected chi connectivity index (χ2v) is 5.13. The third-order valence-electron chi connectivity index (χ3n) is 3.97. The summed E-state index contributed by atoms with van der Waals surface area (Å²) in [7, 11) is 0. The van der Waals surface area contributed by atoms with Gasteiger partial charge in [-0.2, -0.15) is 0 Å². The van der Waals surface area contributed by atoms with Crippen LogP contribution >= 0.6 is 0 Å². The number of nitrogens with one attached hydrogen (secondary N) is 2. The van der Waals surface area contributed by atoms with Gasteiger partial charge in [-0.05, 0) is 51.1 Å². The van der Waals surface area contributed by atoms with Gasteiger partial charge >= 0.3 is 0 Å². The molecular formula is C13H28N2. The molecule has 1 aliphatic rings. The molecule has 0 saturated heterocycles. The minimum atomic E-state index is 0.654. The smallest absolute Gasteiger partial charge is 0.00506 e. The summed E-state index contributed by atoms with van der Waals surface area (Å²) in [4.78, 5) is 0. The number of rotatable bonds is 8. The highest BCUT2D eigenvalue weighted by Gasteiger charge is 2.34. The van der Waals surface area contributed by atoms with Gasteiger partial charge in [-0.1, -0.05) is 20.3 Å². The van der Waals surface area contributed by atoms with Crippen LogP contribution in [0.25, 0.3) is 0 Å². The summed E-state index contributed by atoms with van der Waals surface area (Å²) in [6, 6.07) is 0.654. The molecule has 2 nitrogen and oxygen atoms in total. The highest BCUT2D eigenvalue weighted by atomic mass is 14.9. The molecule has 0 aromatic carbocycles. The maximum absolute atomic E-state index is 3.63. The maximum Gasteiger partial charge on any atom is 0.00506 e. The van der Waals surface area contributed by atoms with Gasteiger partial charge in [-0.15, -0.1) is 0 Å². The molecule has 2 N–H and O–H groups in total. The molecule has 1 fully saturated rings. The lowest BCUT2D eigenvalue weighted by molar-refractivity contribution is 0.124.